The summed E-state index contributed by atoms with van der Waals surface area (Å²) in [6.07, 6.45) is 3.50. The van der Waals surface area contributed by atoms with Crippen molar-refractivity contribution in [3.8, 4) is 0 Å². The number of nitrogens with zero attached hydrogens (tertiary/aromatic N) is 1. The van der Waals surface area contributed by atoms with Gasteiger partial charge in [-0.3, -0.25) is 10.1 Å². The molecule has 1 aliphatic rings. The quantitative estimate of drug-likeness (QED) is 0.529. The maximum Gasteiger partial charge on any atom is 0.272 e. The maximum absolute atomic E-state index is 10.9. The molecule has 0 amide bonds. The van der Waals surface area contributed by atoms with Gasteiger partial charge in [-0.1, -0.05) is 17.8 Å². The molecular formula is C15H14N2O2S. The Bertz CT molecular complexity index is 686. The maximum atomic E-state index is 10.9. The summed E-state index contributed by atoms with van der Waals surface area (Å²) in [6.45, 7) is 0. The number of aryl methyl sites for hydroxylation is 2. The highest BCUT2D eigenvalue weighted by Gasteiger charge is 2.13. The first-order valence-electron chi connectivity index (χ1n) is 6.46. The van der Waals surface area contributed by atoms with Crippen molar-refractivity contribution in [2.45, 2.75) is 29.1 Å². The van der Waals surface area contributed by atoms with Gasteiger partial charge in [0.05, 0.1) is 4.92 Å². The summed E-state index contributed by atoms with van der Waals surface area (Å²) in [6, 6.07) is 11.1. The minimum Gasteiger partial charge on any atom is -0.398 e. The zero-order valence-corrected chi connectivity index (χ0v) is 11.7. The van der Waals surface area contributed by atoms with Crippen LogP contribution in [-0.2, 0) is 12.8 Å². The van der Waals surface area contributed by atoms with Crippen molar-refractivity contribution in [3.63, 3.8) is 0 Å². The molecule has 2 N–H and O–H groups in total. The number of hydrogen-bond donors (Lipinski definition) is 1. The molecule has 0 bridgehead atoms. The molecule has 0 radical (unpaired) electrons. The molecule has 0 aliphatic heterocycles. The number of nitrogen functional groups attached to an aromatic ring is 1. The number of nitro groups is 1. The minimum atomic E-state index is -0.414. The third kappa shape index (κ3) is 2.63. The second kappa shape index (κ2) is 5.17. The second-order valence-electron chi connectivity index (χ2n) is 4.90. The Labute approximate surface area is 121 Å². The number of nitro benzene ring substituents is 1. The number of fused-ring (bicyclic) bond motifs is 1. The van der Waals surface area contributed by atoms with E-state index >= 15 is 0 Å². The highest BCUT2D eigenvalue weighted by atomic mass is 32.2. The van der Waals surface area contributed by atoms with Crippen LogP contribution in [0.1, 0.15) is 17.5 Å². The van der Waals surface area contributed by atoms with E-state index in [0.29, 0.717) is 5.69 Å². The molecule has 20 heavy (non-hydrogen) atoms. The van der Waals surface area contributed by atoms with E-state index in [4.69, 9.17) is 5.73 Å². The molecular weight excluding hydrogens is 272 g/mol. The van der Waals surface area contributed by atoms with E-state index in [-0.39, 0.29) is 5.69 Å². The predicted octanol–water partition coefficient (Wildman–Crippen LogP) is 3.82. The normalized spacial score (nSPS) is 13.2. The van der Waals surface area contributed by atoms with Crippen LogP contribution >= 0.6 is 11.8 Å². The Hall–Kier alpha value is -2.01. The molecule has 102 valence electrons. The van der Waals surface area contributed by atoms with E-state index in [2.05, 4.69) is 18.2 Å². The molecule has 1 aliphatic carbocycles. The lowest BCUT2D eigenvalue weighted by molar-refractivity contribution is -0.385. The van der Waals surface area contributed by atoms with E-state index in [1.54, 1.807) is 12.1 Å². The van der Waals surface area contributed by atoms with Crippen molar-refractivity contribution in [2.24, 2.45) is 0 Å². The van der Waals surface area contributed by atoms with Gasteiger partial charge in [0.15, 0.2) is 0 Å². The van der Waals surface area contributed by atoms with Gasteiger partial charge in [0, 0.05) is 27.6 Å². The molecule has 5 heteroatoms. The van der Waals surface area contributed by atoms with Crippen molar-refractivity contribution in [2.75, 3.05) is 5.73 Å². The van der Waals surface area contributed by atoms with Gasteiger partial charge in [-0.15, -0.1) is 0 Å². The van der Waals surface area contributed by atoms with Gasteiger partial charge in [-0.05, 0) is 48.6 Å². The first-order valence-corrected chi connectivity index (χ1v) is 7.28. The van der Waals surface area contributed by atoms with E-state index in [1.807, 2.05) is 0 Å². The fourth-order valence-electron chi connectivity index (χ4n) is 2.52. The lowest BCUT2D eigenvalue weighted by atomic mass is 10.1. The first-order chi connectivity index (χ1) is 9.61. The molecule has 0 saturated heterocycles. The first kappa shape index (κ1) is 13.0. The largest absolute Gasteiger partial charge is 0.398 e. The van der Waals surface area contributed by atoms with Gasteiger partial charge in [0.25, 0.3) is 5.69 Å². The van der Waals surface area contributed by atoms with Gasteiger partial charge < -0.3 is 5.73 Å². The fraction of sp³-hybridized carbons (Fsp3) is 0.200. The molecule has 0 fully saturated rings. The van der Waals surface area contributed by atoms with Gasteiger partial charge in [-0.25, -0.2) is 0 Å². The standard InChI is InChI=1S/C15H14N2O2S/c16-12-7-13(17(18)19)9-15(8-12)20-14-5-4-10-2-1-3-11(10)6-14/h4-9H,1-3,16H2. The Balaban J connectivity index is 1.89. The van der Waals surface area contributed by atoms with Crippen LogP contribution in [0, 0.1) is 10.1 Å². The summed E-state index contributed by atoms with van der Waals surface area (Å²) < 4.78 is 0. The zero-order chi connectivity index (χ0) is 14.1. The molecule has 0 unspecified atom stereocenters. The fourth-order valence-corrected chi connectivity index (χ4v) is 3.50. The Kier molecular flexibility index (Phi) is 3.36. The van der Waals surface area contributed by atoms with Crippen LogP contribution in [0.3, 0.4) is 0 Å². The van der Waals surface area contributed by atoms with Crippen molar-refractivity contribution >= 4 is 23.1 Å². The topological polar surface area (TPSA) is 69.2 Å². The third-order valence-corrected chi connectivity index (χ3v) is 4.39. The summed E-state index contributed by atoms with van der Waals surface area (Å²) in [5, 5.41) is 10.9. The van der Waals surface area contributed by atoms with Gasteiger partial charge in [-0.2, -0.15) is 0 Å². The lowest BCUT2D eigenvalue weighted by Crippen LogP contribution is -1.92. The van der Waals surface area contributed by atoms with Crippen LogP contribution < -0.4 is 5.73 Å². The van der Waals surface area contributed by atoms with Gasteiger partial charge >= 0.3 is 0 Å². The van der Waals surface area contributed by atoms with Gasteiger partial charge in [0.1, 0.15) is 0 Å². The second-order valence-corrected chi connectivity index (χ2v) is 6.05. The van der Waals surface area contributed by atoms with Crippen LogP contribution in [0.5, 0.6) is 0 Å². The SMILES string of the molecule is Nc1cc(Sc2ccc3c(c2)CCC3)cc([N+](=O)[O-])c1. The number of rotatable bonds is 3. The Morgan fingerprint density at radius 3 is 2.65 bits per heavy atom. The molecule has 4 nitrogen and oxygen atoms in total. The molecule has 0 saturated carbocycles. The Morgan fingerprint density at radius 1 is 1.05 bits per heavy atom. The number of non-ortho nitro benzene ring substituents is 1. The molecule has 2 aromatic carbocycles. The predicted molar refractivity (Wildman–Crippen MR) is 80.1 cm³/mol. The van der Waals surface area contributed by atoms with E-state index in [1.165, 1.54) is 35.4 Å². The number of benzene rings is 2. The molecule has 2 aromatic rings. The smallest absolute Gasteiger partial charge is 0.272 e. The van der Waals surface area contributed by atoms with Crippen LogP contribution in [0.15, 0.2) is 46.2 Å². The van der Waals surface area contributed by atoms with E-state index in [9.17, 15) is 10.1 Å². The molecule has 0 atom stereocenters. The van der Waals surface area contributed by atoms with Gasteiger partial charge in [0.2, 0.25) is 0 Å². The highest BCUT2D eigenvalue weighted by Crippen LogP contribution is 2.34. The third-order valence-electron chi connectivity index (χ3n) is 3.43. The molecule has 0 spiro atoms. The summed E-state index contributed by atoms with van der Waals surface area (Å²) in [5.74, 6) is 0. The molecule has 3 rings (SSSR count). The number of anilines is 1. The van der Waals surface area contributed by atoms with Crippen molar-refractivity contribution in [1.82, 2.24) is 0 Å². The van der Waals surface area contributed by atoms with Crippen molar-refractivity contribution in [3.05, 3.63) is 57.6 Å². The average molecular weight is 286 g/mol. The van der Waals surface area contributed by atoms with Crippen LogP contribution in [-0.4, -0.2) is 4.92 Å². The summed E-state index contributed by atoms with van der Waals surface area (Å²) in [7, 11) is 0. The van der Waals surface area contributed by atoms with Crippen LogP contribution in [0.4, 0.5) is 11.4 Å². The molecule has 0 heterocycles. The summed E-state index contributed by atoms with van der Waals surface area (Å²) in [5.41, 5.74) is 9.00. The Morgan fingerprint density at radius 2 is 1.85 bits per heavy atom. The monoisotopic (exact) mass is 286 g/mol. The zero-order valence-electron chi connectivity index (χ0n) is 10.8. The van der Waals surface area contributed by atoms with Crippen molar-refractivity contribution < 1.29 is 4.92 Å². The molecule has 0 aromatic heterocycles. The summed E-state index contributed by atoms with van der Waals surface area (Å²) >= 11 is 1.51. The summed E-state index contributed by atoms with van der Waals surface area (Å²) in [4.78, 5) is 12.3. The lowest BCUT2D eigenvalue weighted by Gasteiger charge is -2.06. The van der Waals surface area contributed by atoms with E-state index < -0.39 is 4.92 Å². The van der Waals surface area contributed by atoms with Crippen LogP contribution in [0.2, 0.25) is 0 Å². The van der Waals surface area contributed by atoms with Crippen molar-refractivity contribution in [1.29, 1.82) is 0 Å². The van der Waals surface area contributed by atoms with E-state index in [0.717, 1.165) is 22.6 Å². The minimum absolute atomic E-state index is 0.0358. The number of nitrogens with two attached hydrogens (primary N) is 1. The van der Waals surface area contributed by atoms with Crippen LogP contribution in [0.25, 0.3) is 0 Å². The average Bonchev–Trinajstić information content (AvgIpc) is 2.85. The number of hydrogen-bond acceptors (Lipinski definition) is 4. The highest BCUT2D eigenvalue weighted by molar-refractivity contribution is 7.99.